The summed E-state index contributed by atoms with van der Waals surface area (Å²) in [5.41, 5.74) is 8.64. The molecule has 0 spiro atoms. The lowest BCUT2D eigenvalue weighted by Gasteiger charge is -2.38. The standard InChI is InChI=1S/C20H24F2N8O/c1-3-30-17-9-29(8-16(17)24-19(30)20-25-26-27-28(20)2)12-7-15(23)18(31-10-12)13-6-11(21)4-5-14(13)22/h4-6,12,15,18H,3,7-10,23H2,1-2H3/t12-,15+,18-/m1/s1. The SMILES string of the molecule is CCn1c(-c2nnnn2C)nc2c1CN([C@H]1CO[C@H](c3cc(F)ccc3F)[C@@H](N)C1)C2. The fourth-order valence-electron chi connectivity index (χ4n) is 4.62. The Labute approximate surface area is 177 Å². The molecule has 2 N–H and O–H groups in total. The lowest BCUT2D eigenvalue weighted by Crippen LogP contribution is -2.47. The molecule has 0 unspecified atom stereocenters. The van der Waals surface area contributed by atoms with E-state index in [1.807, 2.05) is 0 Å². The fourth-order valence-corrected chi connectivity index (χ4v) is 4.62. The first-order valence-corrected chi connectivity index (χ1v) is 10.3. The van der Waals surface area contributed by atoms with Gasteiger partial charge in [-0.1, -0.05) is 0 Å². The van der Waals surface area contributed by atoms with Crippen molar-refractivity contribution in [3.8, 4) is 11.6 Å². The van der Waals surface area contributed by atoms with E-state index in [1.54, 1.807) is 11.7 Å². The number of aromatic nitrogens is 6. The van der Waals surface area contributed by atoms with Crippen LogP contribution in [0.3, 0.4) is 0 Å². The Morgan fingerprint density at radius 3 is 2.77 bits per heavy atom. The van der Waals surface area contributed by atoms with Gasteiger partial charge < -0.3 is 15.0 Å². The van der Waals surface area contributed by atoms with E-state index in [0.717, 1.165) is 35.9 Å². The highest BCUT2D eigenvalue weighted by atomic mass is 19.1. The van der Waals surface area contributed by atoms with E-state index in [2.05, 4.69) is 31.9 Å². The van der Waals surface area contributed by atoms with Gasteiger partial charge in [-0.05, 0) is 42.0 Å². The van der Waals surface area contributed by atoms with Gasteiger partial charge in [-0.3, -0.25) is 4.90 Å². The molecule has 0 bridgehead atoms. The number of hydrogen-bond donors (Lipinski definition) is 1. The maximum absolute atomic E-state index is 14.2. The molecule has 5 rings (SSSR count). The Bertz CT molecular complexity index is 1110. The molecule has 1 aromatic carbocycles. The van der Waals surface area contributed by atoms with E-state index in [9.17, 15) is 8.78 Å². The first-order valence-electron chi connectivity index (χ1n) is 10.3. The Balaban J connectivity index is 1.32. The lowest BCUT2D eigenvalue weighted by molar-refractivity contribution is -0.0535. The minimum Gasteiger partial charge on any atom is -0.370 e. The highest BCUT2D eigenvalue weighted by Gasteiger charge is 2.38. The molecule has 0 radical (unpaired) electrons. The molecule has 1 saturated heterocycles. The number of benzene rings is 1. The van der Waals surface area contributed by atoms with Crippen LogP contribution in [-0.2, 0) is 31.4 Å². The normalized spacial score (nSPS) is 24.0. The highest BCUT2D eigenvalue weighted by Crippen LogP contribution is 2.35. The number of hydrogen-bond acceptors (Lipinski definition) is 7. The zero-order valence-corrected chi connectivity index (χ0v) is 17.4. The molecule has 4 heterocycles. The summed E-state index contributed by atoms with van der Waals surface area (Å²) in [7, 11) is 1.79. The number of fused-ring (bicyclic) bond motifs is 1. The van der Waals surface area contributed by atoms with Gasteiger partial charge >= 0.3 is 0 Å². The van der Waals surface area contributed by atoms with Crippen molar-refractivity contribution in [2.45, 2.75) is 51.2 Å². The number of aryl methyl sites for hydroxylation is 1. The summed E-state index contributed by atoms with van der Waals surface area (Å²) in [6, 6.07) is 3.02. The molecular weight excluding hydrogens is 406 g/mol. The minimum absolute atomic E-state index is 0.0716. The molecular formula is C20H24F2N8O. The van der Waals surface area contributed by atoms with Crippen LogP contribution in [-0.4, -0.2) is 53.3 Å². The van der Waals surface area contributed by atoms with E-state index in [-0.39, 0.29) is 11.6 Å². The molecule has 0 aliphatic carbocycles. The average Bonchev–Trinajstić information content (AvgIpc) is 3.43. The van der Waals surface area contributed by atoms with Gasteiger partial charge in [0.1, 0.15) is 17.7 Å². The maximum atomic E-state index is 14.2. The third-order valence-corrected chi connectivity index (χ3v) is 6.18. The monoisotopic (exact) mass is 430 g/mol. The van der Waals surface area contributed by atoms with Crippen LogP contribution in [0.25, 0.3) is 11.6 Å². The molecule has 2 aromatic heterocycles. The zero-order valence-electron chi connectivity index (χ0n) is 17.4. The summed E-state index contributed by atoms with van der Waals surface area (Å²) in [5.74, 6) is 0.394. The fraction of sp³-hybridized carbons (Fsp3) is 0.500. The third kappa shape index (κ3) is 3.42. The molecule has 2 aliphatic rings. The second kappa shape index (κ2) is 7.74. The number of nitrogens with zero attached hydrogens (tertiary/aromatic N) is 7. The minimum atomic E-state index is -0.658. The number of imidazole rings is 1. The second-order valence-electron chi connectivity index (χ2n) is 8.08. The van der Waals surface area contributed by atoms with Crippen molar-refractivity contribution in [2.24, 2.45) is 12.8 Å². The zero-order chi connectivity index (χ0) is 21.7. The summed E-state index contributed by atoms with van der Waals surface area (Å²) in [6.07, 6.45) is -0.0357. The molecule has 11 heteroatoms. The molecule has 1 fully saturated rings. The first kappa shape index (κ1) is 20.2. The maximum Gasteiger partial charge on any atom is 0.217 e. The van der Waals surface area contributed by atoms with Crippen LogP contribution in [0.4, 0.5) is 8.78 Å². The molecule has 0 amide bonds. The highest BCUT2D eigenvalue weighted by molar-refractivity contribution is 5.47. The van der Waals surface area contributed by atoms with E-state index in [0.29, 0.717) is 31.9 Å². The largest absolute Gasteiger partial charge is 0.370 e. The van der Waals surface area contributed by atoms with Gasteiger partial charge in [0, 0.05) is 44.3 Å². The van der Waals surface area contributed by atoms with Crippen molar-refractivity contribution in [3.05, 3.63) is 46.8 Å². The topological polar surface area (TPSA) is 99.9 Å². The van der Waals surface area contributed by atoms with Crippen LogP contribution in [0, 0.1) is 11.6 Å². The Kier molecular flexibility index (Phi) is 5.03. The average molecular weight is 430 g/mol. The van der Waals surface area contributed by atoms with Gasteiger partial charge in [-0.25, -0.2) is 18.4 Å². The molecule has 0 saturated carbocycles. The van der Waals surface area contributed by atoms with Crippen LogP contribution in [0.1, 0.15) is 36.4 Å². The van der Waals surface area contributed by atoms with Crippen molar-refractivity contribution in [1.82, 2.24) is 34.7 Å². The van der Waals surface area contributed by atoms with Gasteiger partial charge in [0.25, 0.3) is 0 Å². The van der Waals surface area contributed by atoms with Crippen molar-refractivity contribution < 1.29 is 13.5 Å². The predicted molar refractivity (Wildman–Crippen MR) is 106 cm³/mol. The predicted octanol–water partition coefficient (Wildman–Crippen LogP) is 1.54. The van der Waals surface area contributed by atoms with Crippen molar-refractivity contribution in [1.29, 1.82) is 0 Å². The van der Waals surface area contributed by atoms with Crippen LogP contribution >= 0.6 is 0 Å². The summed E-state index contributed by atoms with van der Waals surface area (Å²) in [5, 5.41) is 11.7. The molecule has 3 aromatic rings. The van der Waals surface area contributed by atoms with E-state index in [1.165, 1.54) is 6.07 Å². The quantitative estimate of drug-likeness (QED) is 0.670. The van der Waals surface area contributed by atoms with Crippen molar-refractivity contribution >= 4 is 0 Å². The van der Waals surface area contributed by atoms with Crippen molar-refractivity contribution in [2.75, 3.05) is 6.61 Å². The van der Waals surface area contributed by atoms with Gasteiger partial charge in [0.2, 0.25) is 5.82 Å². The first-order chi connectivity index (χ1) is 15.0. The van der Waals surface area contributed by atoms with E-state index < -0.39 is 23.8 Å². The number of tetrazole rings is 1. The van der Waals surface area contributed by atoms with Gasteiger partial charge in [0.05, 0.1) is 18.0 Å². The summed E-state index contributed by atoms with van der Waals surface area (Å²) >= 11 is 0. The summed E-state index contributed by atoms with van der Waals surface area (Å²) in [6.45, 7) is 4.59. The number of ether oxygens (including phenoxy) is 1. The number of nitrogens with two attached hydrogens (primary N) is 1. The van der Waals surface area contributed by atoms with E-state index in [4.69, 9.17) is 15.5 Å². The molecule has 9 nitrogen and oxygen atoms in total. The second-order valence-corrected chi connectivity index (χ2v) is 8.08. The lowest BCUT2D eigenvalue weighted by atomic mass is 9.93. The van der Waals surface area contributed by atoms with Gasteiger partial charge in [0.15, 0.2) is 5.82 Å². The van der Waals surface area contributed by atoms with Crippen LogP contribution in [0.15, 0.2) is 18.2 Å². The number of rotatable bonds is 4. The van der Waals surface area contributed by atoms with Crippen LogP contribution in [0.5, 0.6) is 0 Å². The van der Waals surface area contributed by atoms with E-state index >= 15 is 0 Å². The summed E-state index contributed by atoms with van der Waals surface area (Å²) in [4.78, 5) is 7.09. The third-order valence-electron chi connectivity index (χ3n) is 6.18. The number of halogens is 2. The summed E-state index contributed by atoms with van der Waals surface area (Å²) < 4.78 is 37.5. The molecule has 164 valence electrons. The molecule has 3 atom stereocenters. The van der Waals surface area contributed by atoms with Crippen LogP contribution in [0.2, 0.25) is 0 Å². The van der Waals surface area contributed by atoms with Gasteiger partial charge in [-0.2, -0.15) is 0 Å². The molecule has 31 heavy (non-hydrogen) atoms. The smallest absolute Gasteiger partial charge is 0.217 e. The van der Waals surface area contributed by atoms with Crippen LogP contribution < -0.4 is 5.73 Å². The van der Waals surface area contributed by atoms with Gasteiger partial charge in [-0.15, -0.1) is 5.10 Å². The Morgan fingerprint density at radius 1 is 1.23 bits per heavy atom. The Morgan fingerprint density at radius 2 is 2.06 bits per heavy atom. The Hall–Kier alpha value is -2.76. The molecule has 2 aliphatic heterocycles. The van der Waals surface area contributed by atoms with Crippen molar-refractivity contribution in [3.63, 3.8) is 0 Å².